The fraction of sp³-hybridized carbons (Fsp3) is 0.280. The summed E-state index contributed by atoms with van der Waals surface area (Å²) in [5.41, 5.74) is -1.09. The predicted octanol–water partition coefficient (Wildman–Crippen LogP) is 4.35. The first-order valence-electron chi connectivity index (χ1n) is 10.8. The van der Waals surface area contributed by atoms with Gasteiger partial charge in [-0.1, -0.05) is 6.07 Å². The zero-order chi connectivity index (χ0) is 25.2. The van der Waals surface area contributed by atoms with Gasteiger partial charge in [-0.25, -0.2) is 13.8 Å². The van der Waals surface area contributed by atoms with Crippen LogP contribution in [-0.2, 0) is 6.54 Å². The number of aliphatic hydroxyl groups is 1. The second-order valence-electron chi connectivity index (χ2n) is 8.47. The molecule has 8 nitrogen and oxygen atoms in total. The average molecular weight is 486 g/mol. The molecular formula is C25H24F2N2O6. The number of nitrogens with zero attached hydrogens (tertiary/aromatic N) is 1. The van der Waals surface area contributed by atoms with Crippen molar-refractivity contribution in [1.29, 1.82) is 0 Å². The first kappa shape index (κ1) is 24.2. The van der Waals surface area contributed by atoms with Crippen LogP contribution in [0.5, 0.6) is 28.9 Å². The van der Waals surface area contributed by atoms with E-state index in [0.717, 1.165) is 12.3 Å². The van der Waals surface area contributed by atoms with Crippen molar-refractivity contribution < 1.29 is 37.6 Å². The molecule has 2 aromatic carbocycles. The Hall–Kier alpha value is -3.92. The van der Waals surface area contributed by atoms with Crippen molar-refractivity contribution in [3.8, 4) is 28.9 Å². The number of hydrogen-bond donors (Lipinski definition) is 2. The van der Waals surface area contributed by atoms with E-state index in [9.17, 15) is 18.7 Å². The molecule has 1 aromatic heterocycles. The van der Waals surface area contributed by atoms with Gasteiger partial charge in [-0.05, 0) is 45.0 Å². The van der Waals surface area contributed by atoms with Gasteiger partial charge in [0.05, 0.1) is 11.8 Å². The van der Waals surface area contributed by atoms with Gasteiger partial charge in [-0.15, -0.1) is 0 Å². The number of fused-ring (bicyclic) bond motifs is 1. The molecule has 1 atom stereocenters. The first-order valence-corrected chi connectivity index (χ1v) is 10.8. The maximum absolute atomic E-state index is 14.6. The maximum Gasteiger partial charge on any atom is 0.257 e. The summed E-state index contributed by atoms with van der Waals surface area (Å²) < 4.78 is 50.2. The lowest BCUT2D eigenvalue weighted by Crippen LogP contribution is -2.37. The van der Waals surface area contributed by atoms with Crippen LogP contribution in [-0.4, -0.2) is 34.5 Å². The van der Waals surface area contributed by atoms with E-state index in [2.05, 4.69) is 10.3 Å². The highest BCUT2D eigenvalue weighted by molar-refractivity contribution is 5.96. The van der Waals surface area contributed by atoms with E-state index in [-0.39, 0.29) is 36.1 Å². The van der Waals surface area contributed by atoms with E-state index in [1.807, 2.05) is 0 Å². The molecule has 0 spiro atoms. The smallest absolute Gasteiger partial charge is 0.257 e. The number of aromatic nitrogens is 1. The van der Waals surface area contributed by atoms with Crippen molar-refractivity contribution in [1.82, 2.24) is 10.3 Å². The topological polar surface area (TPSA) is 99.1 Å². The van der Waals surface area contributed by atoms with Gasteiger partial charge in [-0.3, -0.25) is 4.79 Å². The quantitative estimate of drug-likeness (QED) is 0.488. The Morgan fingerprint density at radius 1 is 1.14 bits per heavy atom. The highest BCUT2D eigenvalue weighted by atomic mass is 19.1. The Kier molecular flexibility index (Phi) is 6.74. The normalized spacial score (nSPS) is 13.3. The Bertz CT molecular complexity index is 1250. The minimum absolute atomic E-state index is 0.0867. The highest BCUT2D eigenvalue weighted by Gasteiger charge is 2.24. The van der Waals surface area contributed by atoms with E-state index in [4.69, 9.17) is 18.9 Å². The first-order chi connectivity index (χ1) is 16.6. The van der Waals surface area contributed by atoms with Crippen LogP contribution in [0.3, 0.4) is 0 Å². The molecule has 0 saturated carbocycles. The Morgan fingerprint density at radius 2 is 1.89 bits per heavy atom. The van der Waals surface area contributed by atoms with Gasteiger partial charge in [-0.2, -0.15) is 0 Å². The molecule has 0 bridgehead atoms. The number of carbonyl (C=O) groups is 1. The van der Waals surface area contributed by atoms with Crippen molar-refractivity contribution in [3.05, 3.63) is 71.4 Å². The minimum Gasteiger partial charge on any atom is -0.488 e. The Labute approximate surface area is 200 Å². The SMILES string of the molecule is CC(Oc1ccc(CNC(=O)c2cc(F)cnc2Oc2ccc3c(c2)OCO3)c(F)c1)C(C)(C)O. The third kappa shape index (κ3) is 5.78. The van der Waals surface area contributed by atoms with Crippen LogP contribution in [0.2, 0.25) is 0 Å². The summed E-state index contributed by atoms with van der Waals surface area (Å²) in [6.45, 7) is 4.75. The van der Waals surface area contributed by atoms with Gasteiger partial charge in [0.1, 0.15) is 34.8 Å². The lowest BCUT2D eigenvalue weighted by molar-refractivity contribution is -0.0242. The minimum atomic E-state index is -1.11. The maximum atomic E-state index is 14.6. The van der Waals surface area contributed by atoms with Crippen LogP contribution < -0.4 is 24.3 Å². The Balaban J connectivity index is 1.45. The van der Waals surface area contributed by atoms with Crippen molar-refractivity contribution in [2.45, 2.75) is 39.0 Å². The van der Waals surface area contributed by atoms with Crippen LogP contribution in [0, 0.1) is 11.6 Å². The summed E-state index contributed by atoms with van der Waals surface area (Å²) in [5, 5.41) is 12.5. The van der Waals surface area contributed by atoms with Gasteiger partial charge < -0.3 is 29.4 Å². The molecular weight excluding hydrogens is 462 g/mol. The van der Waals surface area contributed by atoms with Crippen LogP contribution in [0.15, 0.2) is 48.7 Å². The van der Waals surface area contributed by atoms with Gasteiger partial charge in [0.25, 0.3) is 5.91 Å². The fourth-order valence-electron chi connectivity index (χ4n) is 3.09. The zero-order valence-corrected chi connectivity index (χ0v) is 19.3. The average Bonchev–Trinajstić information content (AvgIpc) is 3.27. The molecule has 1 amide bonds. The number of amides is 1. The Morgan fingerprint density at radius 3 is 2.63 bits per heavy atom. The molecule has 3 aromatic rings. The number of carbonyl (C=O) groups excluding carboxylic acids is 1. The van der Waals surface area contributed by atoms with Crippen molar-refractivity contribution in [3.63, 3.8) is 0 Å². The molecule has 1 unspecified atom stereocenters. The molecule has 0 saturated heterocycles. The van der Waals surface area contributed by atoms with Gasteiger partial charge in [0.2, 0.25) is 12.7 Å². The lowest BCUT2D eigenvalue weighted by Gasteiger charge is -2.26. The van der Waals surface area contributed by atoms with Gasteiger partial charge in [0.15, 0.2) is 11.5 Å². The largest absolute Gasteiger partial charge is 0.488 e. The number of halogens is 2. The molecule has 4 rings (SSSR count). The molecule has 2 heterocycles. The summed E-state index contributed by atoms with van der Waals surface area (Å²) in [4.78, 5) is 16.7. The fourth-order valence-corrected chi connectivity index (χ4v) is 3.09. The van der Waals surface area contributed by atoms with Crippen molar-refractivity contribution in [2.75, 3.05) is 6.79 Å². The summed E-state index contributed by atoms with van der Waals surface area (Å²) in [7, 11) is 0. The van der Waals surface area contributed by atoms with E-state index in [1.54, 1.807) is 39.0 Å². The van der Waals surface area contributed by atoms with Crippen LogP contribution in [0.1, 0.15) is 36.7 Å². The monoisotopic (exact) mass is 486 g/mol. The highest BCUT2D eigenvalue weighted by Crippen LogP contribution is 2.36. The molecule has 0 aliphatic carbocycles. The molecule has 0 fully saturated rings. The van der Waals surface area contributed by atoms with Gasteiger partial charge in [0, 0.05) is 24.2 Å². The molecule has 1 aliphatic rings. The number of hydrogen-bond acceptors (Lipinski definition) is 7. The van der Waals surface area contributed by atoms with Crippen LogP contribution in [0.25, 0.3) is 0 Å². The predicted molar refractivity (Wildman–Crippen MR) is 121 cm³/mol. The molecule has 10 heteroatoms. The lowest BCUT2D eigenvalue weighted by atomic mass is 10.0. The molecule has 2 N–H and O–H groups in total. The van der Waals surface area contributed by atoms with E-state index in [0.29, 0.717) is 17.2 Å². The number of pyridine rings is 1. The van der Waals surface area contributed by atoms with E-state index < -0.39 is 29.2 Å². The second-order valence-corrected chi connectivity index (χ2v) is 8.47. The molecule has 184 valence electrons. The third-order valence-corrected chi connectivity index (χ3v) is 5.39. The summed E-state index contributed by atoms with van der Waals surface area (Å²) in [6.07, 6.45) is 0.350. The molecule has 0 radical (unpaired) electrons. The second kappa shape index (κ2) is 9.75. The third-order valence-electron chi connectivity index (χ3n) is 5.39. The van der Waals surface area contributed by atoms with Crippen molar-refractivity contribution in [2.24, 2.45) is 0 Å². The number of benzene rings is 2. The standard InChI is InChI=1S/C25H24F2N2O6/c1-14(25(2,3)31)34-17-5-4-15(20(27)9-17)11-28-23(30)19-8-16(26)12-29-24(19)35-18-6-7-21-22(10-18)33-13-32-21/h4-10,12,14,31H,11,13H2,1-3H3,(H,28,30). The van der Waals surface area contributed by atoms with E-state index >= 15 is 0 Å². The van der Waals surface area contributed by atoms with Crippen LogP contribution >= 0.6 is 0 Å². The summed E-state index contributed by atoms with van der Waals surface area (Å²) in [6, 6.07) is 9.93. The summed E-state index contributed by atoms with van der Waals surface area (Å²) >= 11 is 0. The van der Waals surface area contributed by atoms with Gasteiger partial charge >= 0.3 is 0 Å². The number of ether oxygens (including phenoxy) is 4. The number of nitrogens with one attached hydrogen (secondary N) is 1. The molecule has 1 aliphatic heterocycles. The van der Waals surface area contributed by atoms with Crippen LogP contribution in [0.4, 0.5) is 8.78 Å². The molecule has 35 heavy (non-hydrogen) atoms. The van der Waals surface area contributed by atoms with Crippen molar-refractivity contribution >= 4 is 5.91 Å². The zero-order valence-electron chi connectivity index (χ0n) is 19.3. The van der Waals surface area contributed by atoms with E-state index in [1.165, 1.54) is 18.2 Å². The summed E-state index contributed by atoms with van der Waals surface area (Å²) in [5.74, 6) is -0.617. The number of rotatable bonds is 8.